The molecule has 96 valence electrons. The van der Waals surface area contributed by atoms with E-state index < -0.39 is 5.82 Å². The second kappa shape index (κ2) is 4.91. The maximum Gasteiger partial charge on any atom is 0.156 e. The number of hydrogen-bond donors (Lipinski definition) is 1. The van der Waals surface area contributed by atoms with Crippen molar-refractivity contribution in [3.05, 3.63) is 34.8 Å². The Bertz CT molecular complexity index is 658. The zero-order valence-electron chi connectivity index (χ0n) is 9.88. The molecule has 0 spiro atoms. The van der Waals surface area contributed by atoms with Crippen LogP contribution in [0.1, 0.15) is 28.7 Å². The number of thiol groups is 1. The predicted octanol–water partition coefficient (Wildman–Crippen LogP) is 3.60. The number of rotatable bonds is 3. The van der Waals surface area contributed by atoms with E-state index >= 15 is 0 Å². The minimum absolute atomic E-state index is 0.0578. The number of halogens is 1. The fraction of sp³-hybridized carbons (Fsp3) is 0.308. The Hall–Kier alpha value is -1.45. The molecule has 0 N–H and O–H groups in total. The molecule has 1 saturated carbocycles. The summed E-state index contributed by atoms with van der Waals surface area (Å²) in [5.41, 5.74) is 1.00. The summed E-state index contributed by atoms with van der Waals surface area (Å²) in [4.78, 5) is 8.96. The lowest BCUT2D eigenvalue weighted by atomic mass is 10.2. The first-order valence-corrected chi connectivity index (χ1v) is 7.22. The van der Waals surface area contributed by atoms with Gasteiger partial charge in [-0.25, -0.2) is 9.37 Å². The van der Waals surface area contributed by atoms with Crippen LogP contribution in [0.4, 0.5) is 4.39 Å². The van der Waals surface area contributed by atoms with Gasteiger partial charge in [0.15, 0.2) is 5.69 Å². The van der Waals surface area contributed by atoms with Crippen LogP contribution in [0.25, 0.3) is 10.6 Å². The summed E-state index contributed by atoms with van der Waals surface area (Å²) in [7, 11) is 0. The van der Waals surface area contributed by atoms with Gasteiger partial charge >= 0.3 is 0 Å². The van der Waals surface area contributed by atoms with Crippen LogP contribution < -0.4 is 0 Å². The number of nitriles is 1. The molecule has 1 atom stereocenters. The van der Waals surface area contributed by atoms with Gasteiger partial charge in [-0.1, -0.05) is 0 Å². The molecule has 0 radical (unpaired) electrons. The Kier molecular flexibility index (Phi) is 3.25. The van der Waals surface area contributed by atoms with Crippen LogP contribution in [-0.4, -0.2) is 9.97 Å². The van der Waals surface area contributed by atoms with Gasteiger partial charge < -0.3 is 0 Å². The quantitative estimate of drug-likeness (QED) is 0.879. The summed E-state index contributed by atoms with van der Waals surface area (Å²) in [6.07, 6.45) is 4.99. The zero-order valence-corrected chi connectivity index (χ0v) is 11.6. The van der Waals surface area contributed by atoms with Gasteiger partial charge in [0, 0.05) is 17.0 Å². The first-order chi connectivity index (χ1) is 9.19. The number of aromatic nitrogens is 2. The molecule has 0 aromatic carbocycles. The number of hydrogen-bond acceptors (Lipinski definition) is 5. The van der Waals surface area contributed by atoms with Gasteiger partial charge in [-0.05, 0) is 24.8 Å². The van der Waals surface area contributed by atoms with Crippen molar-refractivity contribution in [2.45, 2.75) is 18.1 Å². The second-order valence-electron chi connectivity index (χ2n) is 4.52. The maximum absolute atomic E-state index is 13.2. The van der Waals surface area contributed by atoms with Gasteiger partial charge in [0.2, 0.25) is 0 Å². The third-order valence-electron chi connectivity index (χ3n) is 3.05. The van der Waals surface area contributed by atoms with Crippen LogP contribution in [-0.2, 0) is 0 Å². The minimum Gasteiger partial charge on any atom is -0.261 e. The predicted molar refractivity (Wildman–Crippen MR) is 74.5 cm³/mol. The van der Waals surface area contributed by atoms with Gasteiger partial charge in [0.05, 0.1) is 11.1 Å². The molecule has 0 amide bonds. The third kappa shape index (κ3) is 2.48. The summed E-state index contributed by atoms with van der Waals surface area (Å²) in [6.45, 7) is 0. The average molecular weight is 291 g/mol. The van der Waals surface area contributed by atoms with E-state index in [0.29, 0.717) is 22.2 Å². The van der Waals surface area contributed by atoms with Crippen LogP contribution in [0.5, 0.6) is 0 Å². The number of nitrogens with zero attached hydrogens (tertiary/aromatic N) is 3. The monoisotopic (exact) mass is 291 g/mol. The van der Waals surface area contributed by atoms with Crippen molar-refractivity contribution in [1.29, 1.82) is 5.26 Å². The lowest BCUT2D eigenvalue weighted by Crippen LogP contribution is -1.92. The molecule has 1 fully saturated rings. The standard InChI is InChI=1S/C13H10FN3S2/c14-9-3-8(5-16-6-9)13-17-10(4-15)12(19-13)11(18)7-1-2-7/h3,5-7,11,18H,1-2H2. The van der Waals surface area contributed by atoms with Crippen molar-refractivity contribution < 1.29 is 4.39 Å². The normalized spacial score (nSPS) is 16.1. The van der Waals surface area contributed by atoms with Crippen LogP contribution in [0.15, 0.2) is 18.5 Å². The molecule has 1 aliphatic rings. The molecule has 2 heterocycles. The number of pyridine rings is 1. The first-order valence-electron chi connectivity index (χ1n) is 5.89. The van der Waals surface area contributed by atoms with Crippen molar-refractivity contribution in [1.82, 2.24) is 9.97 Å². The van der Waals surface area contributed by atoms with Crippen molar-refractivity contribution in [3.63, 3.8) is 0 Å². The van der Waals surface area contributed by atoms with Gasteiger partial charge in [-0.3, -0.25) is 4.98 Å². The second-order valence-corrected chi connectivity index (χ2v) is 6.10. The Morgan fingerprint density at radius 3 is 2.89 bits per heavy atom. The molecule has 0 bridgehead atoms. The summed E-state index contributed by atoms with van der Waals surface area (Å²) in [6, 6.07) is 3.48. The van der Waals surface area contributed by atoms with Gasteiger partial charge in [0.25, 0.3) is 0 Å². The smallest absolute Gasteiger partial charge is 0.156 e. The van der Waals surface area contributed by atoms with E-state index in [9.17, 15) is 4.39 Å². The molecule has 1 aliphatic carbocycles. The molecule has 0 aliphatic heterocycles. The van der Waals surface area contributed by atoms with E-state index in [4.69, 9.17) is 5.26 Å². The fourth-order valence-corrected chi connectivity index (χ4v) is 3.55. The van der Waals surface area contributed by atoms with Crippen molar-refractivity contribution in [2.75, 3.05) is 0 Å². The molecule has 2 aromatic heterocycles. The van der Waals surface area contributed by atoms with Gasteiger partial charge in [-0.2, -0.15) is 17.9 Å². The van der Waals surface area contributed by atoms with Crippen LogP contribution in [0, 0.1) is 23.1 Å². The summed E-state index contributed by atoms with van der Waals surface area (Å²) in [5, 5.41) is 9.84. The Morgan fingerprint density at radius 2 is 2.26 bits per heavy atom. The molecule has 3 rings (SSSR count). The van der Waals surface area contributed by atoms with Gasteiger partial charge in [-0.15, -0.1) is 11.3 Å². The van der Waals surface area contributed by atoms with Crippen LogP contribution in [0.3, 0.4) is 0 Å². The highest BCUT2D eigenvalue weighted by Crippen LogP contribution is 2.48. The van der Waals surface area contributed by atoms with Gasteiger partial charge in [0.1, 0.15) is 16.9 Å². The summed E-state index contributed by atoms with van der Waals surface area (Å²) < 4.78 is 13.2. The molecule has 2 aromatic rings. The highest BCUT2D eigenvalue weighted by Gasteiger charge is 2.33. The fourth-order valence-electron chi connectivity index (χ4n) is 1.89. The lowest BCUT2D eigenvalue weighted by Gasteiger charge is -2.04. The summed E-state index contributed by atoms with van der Waals surface area (Å²) in [5.74, 6) is 0.131. The van der Waals surface area contributed by atoms with Crippen LogP contribution in [0.2, 0.25) is 0 Å². The molecule has 6 heteroatoms. The van der Waals surface area contributed by atoms with E-state index in [1.165, 1.54) is 17.4 Å². The Balaban J connectivity index is 2.02. The van der Waals surface area contributed by atoms with Crippen molar-refractivity contribution >= 4 is 24.0 Å². The molecule has 1 unspecified atom stereocenters. The van der Waals surface area contributed by atoms with Crippen molar-refractivity contribution in [2.24, 2.45) is 5.92 Å². The molecule has 3 nitrogen and oxygen atoms in total. The SMILES string of the molecule is N#Cc1nc(-c2cncc(F)c2)sc1C(S)C1CC1. The average Bonchev–Trinajstić information content (AvgIpc) is 3.17. The van der Waals surface area contributed by atoms with E-state index in [-0.39, 0.29) is 5.25 Å². The lowest BCUT2D eigenvalue weighted by molar-refractivity contribution is 0.622. The first kappa shape index (κ1) is 12.6. The van der Waals surface area contributed by atoms with Crippen LogP contribution >= 0.6 is 24.0 Å². The van der Waals surface area contributed by atoms with E-state index in [1.807, 2.05) is 0 Å². The molecule has 19 heavy (non-hydrogen) atoms. The molecular formula is C13H10FN3S2. The minimum atomic E-state index is -0.405. The largest absolute Gasteiger partial charge is 0.261 e. The zero-order chi connectivity index (χ0) is 13.4. The Morgan fingerprint density at radius 1 is 1.47 bits per heavy atom. The van der Waals surface area contributed by atoms with E-state index in [1.54, 1.807) is 6.20 Å². The number of thiazole rings is 1. The topological polar surface area (TPSA) is 49.6 Å². The third-order valence-corrected chi connectivity index (χ3v) is 5.09. The highest BCUT2D eigenvalue weighted by molar-refractivity contribution is 7.80. The van der Waals surface area contributed by atoms with E-state index in [2.05, 4.69) is 28.7 Å². The Labute approximate surface area is 119 Å². The van der Waals surface area contributed by atoms with E-state index in [0.717, 1.165) is 23.9 Å². The molecular weight excluding hydrogens is 281 g/mol. The molecule has 0 saturated heterocycles. The summed E-state index contributed by atoms with van der Waals surface area (Å²) >= 11 is 5.98. The van der Waals surface area contributed by atoms with Crippen molar-refractivity contribution in [3.8, 4) is 16.6 Å². The highest BCUT2D eigenvalue weighted by atomic mass is 32.1. The maximum atomic E-state index is 13.2.